The van der Waals surface area contributed by atoms with E-state index in [-0.39, 0.29) is 28.9 Å². The number of benzene rings is 1. The van der Waals surface area contributed by atoms with Crippen LogP contribution in [-0.4, -0.2) is 27.9 Å². The molecule has 0 radical (unpaired) electrons. The van der Waals surface area contributed by atoms with Gasteiger partial charge in [0.25, 0.3) is 0 Å². The van der Waals surface area contributed by atoms with Gasteiger partial charge in [-0.3, -0.25) is 4.72 Å². The average Bonchev–Trinajstić information content (AvgIpc) is 2.30. The Balaban J connectivity index is 2.91. The summed E-state index contributed by atoms with van der Waals surface area (Å²) < 4.78 is 68.2. The highest BCUT2D eigenvalue weighted by atomic mass is 79.9. The summed E-state index contributed by atoms with van der Waals surface area (Å²) in [6.45, 7) is 0.255. The van der Waals surface area contributed by atoms with E-state index in [0.29, 0.717) is 0 Å². The number of sulfonamides is 1. The number of nitrogens with one attached hydrogen (secondary N) is 1. The van der Waals surface area contributed by atoms with E-state index in [2.05, 4.69) is 20.7 Å². The van der Waals surface area contributed by atoms with Crippen molar-refractivity contribution in [3.8, 4) is 0 Å². The maximum absolute atomic E-state index is 12.6. The smallest absolute Gasteiger partial charge is 0.385 e. The second kappa shape index (κ2) is 6.77. The molecule has 1 rings (SSSR count). The third-order valence-electron chi connectivity index (χ3n) is 2.32. The molecule has 1 aromatic rings. The maximum atomic E-state index is 12.6. The Morgan fingerprint density at radius 3 is 2.55 bits per heavy atom. The van der Waals surface area contributed by atoms with Gasteiger partial charge in [-0.2, -0.15) is 13.2 Å². The van der Waals surface area contributed by atoms with E-state index in [1.54, 1.807) is 0 Å². The molecule has 0 saturated carbocycles. The molecule has 0 bridgehead atoms. The Morgan fingerprint density at radius 1 is 1.35 bits per heavy atom. The van der Waals surface area contributed by atoms with Crippen molar-refractivity contribution in [2.24, 2.45) is 0 Å². The molecule has 4 nitrogen and oxygen atoms in total. The van der Waals surface area contributed by atoms with Gasteiger partial charge in [0.2, 0.25) is 10.0 Å². The molecule has 0 heterocycles. The first-order chi connectivity index (χ1) is 9.15. The van der Waals surface area contributed by atoms with E-state index in [0.717, 1.165) is 18.2 Å². The zero-order valence-corrected chi connectivity index (χ0v) is 12.9. The fourth-order valence-electron chi connectivity index (χ4n) is 1.39. The Bertz CT molecular complexity index is 561. The van der Waals surface area contributed by atoms with E-state index in [1.807, 2.05) is 0 Å². The molecule has 114 valence electrons. The molecule has 0 aliphatic heterocycles. The average molecular weight is 376 g/mol. The highest BCUT2D eigenvalue weighted by molar-refractivity contribution is 9.10. The van der Waals surface area contributed by atoms with Crippen molar-refractivity contribution in [1.82, 2.24) is 0 Å². The van der Waals surface area contributed by atoms with Gasteiger partial charge in [-0.05, 0) is 40.5 Å². The van der Waals surface area contributed by atoms with Crippen LogP contribution in [0, 0.1) is 0 Å². The largest absolute Gasteiger partial charge is 0.416 e. The van der Waals surface area contributed by atoms with Crippen LogP contribution in [-0.2, 0) is 20.9 Å². The summed E-state index contributed by atoms with van der Waals surface area (Å²) in [4.78, 5) is 0. The summed E-state index contributed by atoms with van der Waals surface area (Å²) in [5.74, 6) is -0.233. The van der Waals surface area contributed by atoms with Gasteiger partial charge in [0.05, 0.1) is 17.0 Å². The van der Waals surface area contributed by atoms with Gasteiger partial charge in [0.15, 0.2) is 0 Å². The molecule has 20 heavy (non-hydrogen) atoms. The van der Waals surface area contributed by atoms with Crippen LogP contribution in [0.2, 0.25) is 0 Å². The summed E-state index contributed by atoms with van der Waals surface area (Å²) in [7, 11) is -2.29. The summed E-state index contributed by atoms with van der Waals surface area (Å²) in [5, 5.41) is 0. The first-order valence-electron chi connectivity index (χ1n) is 5.52. The molecule has 0 amide bonds. The lowest BCUT2D eigenvalue weighted by molar-refractivity contribution is -0.137. The zero-order valence-electron chi connectivity index (χ0n) is 10.5. The van der Waals surface area contributed by atoms with Crippen LogP contribution in [0.4, 0.5) is 18.9 Å². The lowest BCUT2D eigenvalue weighted by atomic mass is 10.2. The highest BCUT2D eigenvalue weighted by Gasteiger charge is 2.31. The van der Waals surface area contributed by atoms with Gasteiger partial charge >= 0.3 is 6.18 Å². The number of ether oxygens (including phenoxy) is 1. The van der Waals surface area contributed by atoms with Crippen molar-refractivity contribution in [2.75, 3.05) is 24.2 Å². The monoisotopic (exact) mass is 375 g/mol. The number of methoxy groups -OCH3 is 1. The van der Waals surface area contributed by atoms with E-state index < -0.39 is 21.8 Å². The van der Waals surface area contributed by atoms with Crippen LogP contribution in [0.1, 0.15) is 12.0 Å². The predicted molar refractivity (Wildman–Crippen MR) is 73.0 cm³/mol. The molecular formula is C11H13BrF3NO3S. The van der Waals surface area contributed by atoms with Gasteiger partial charge in [-0.1, -0.05) is 0 Å². The standard InChI is InChI=1S/C11H13BrF3NO3S/c1-19-5-2-6-20(17,18)16-10-7-8(11(13,14)15)3-4-9(10)12/h3-4,7,16H,2,5-6H2,1H3. The highest BCUT2D eigenvalue weighted by Crippen LogP contribution is 2.34. The molecule has 1 aromatic carbocycles. The first-order valence-corrected chi connectivity index (χ1v) is 7.96. The molecule has 0 saturated heterocycles. The molecule has 9 heteroatoms. The number of anilines is 1. The van der Waals surface area contributed by atoms with E-state index >= 15 is 0 Å². The van der Waals surface area contributed by atoms with Crippen molar-refractivity contribution in [3.05, 3.63) is 28.2 Å². The Labute approximate surface area is 123 Å². The van der Waals surface area contributed by atoms with Gasteiger partial charge in [0, 0.05) is 18.2 Å². The zero-order chi connectivity index (χ0) is 15.4. The third-order valence-corrected chi connectivity index (χ3v) is 4.37. The fourth-order valence-corrected chi connectivity index (χ4v) is 2.97. The number of rotatable bonds is 6. The molecular weight excluding hydrogens is 363 g/mol. The van der Waals surface area contributed by atoms with Crippen LogP contribution in [0.25, 0.3) is 0 Å². The number of hydrogen-bond donors (Lipinski definition) is 1. The molecule has 0 atom stereocenters. The van der Waals surface area contributed by atoms with Crippen LogP contribution >= 0.6 is 15.9 Å². The summed E-state index contributed by atoms with van der Waals surface area (Å²) in [6.07, 6.45) is -4.28. The van der Waals surface area contributed by atoms with Gasteiger partial charge < -0.3 is 4.74 Å². The summed E-state index contributed by atoms with van der Waals surface area (Å²) in [6, 6.07) is 2.76. The van der Waals surface area contributed by atoms with Crippen molar-refractivity contribution in [3.63, 3.8) is 0 Å². The van der Waals surface area contributed by atoms with E-state index in [1.165, 1.54) is 7.11 Å². The maximum Gasteiger partial charge on any atom is 0.416 e. The molecule has 0 spiro atoms. The molecule has 0 fully saturated rings. The SMILES string of the molecule is COCCCS(=O)(=O)Nc1cc(C(F)(F)F)ccc1Br. The predicted octanol–water partition coefficient (Wildman–Crippen LogP) is 3.25. The normalized spacial score (nSPS) is 12.4. The third kappa shape index (κ3) is 5.29. The van der Waals surface area contributed by atoms with Crippen LogP contribution in [0.3, 0.4) is 0 Å². The fraction of sp³-hybridized carbons (Fsp3) is 0.455. The Hall–Kier alpha value is -0.800. The van der Waals surface area contributed by atoms with Crippen molar-refractivity contribution in [1.29, 1.82) is 0 Å². The second-order valence-corrected chi connectivity index (χ2v) is 6.66. The van der Waals surface area contributed by atoms with Gasteiger partial charge in [-0.15, -0.1) is 0 Å². The van der Waals surface area contributed by atoms with E-state index in [4.69, 9.17) is 4.74 Å². The van der Waals surface area contributed by atoms with Gasteiger partial charge in [-0.25, -0.2) is 8.42 Å². The molecule has 0 aliphatic carbocycles. The number of alkyl halides is 3. The second-order valence-electron chi connectivity index (χ2n) is 3.96. The molecule has 0 aromatic heterocycles. The lowest BCUT2D eigenvalue weighted by Gasteiger charge is -2.13. The minimum Gasteiger partial charge on any atom is -0.385 e. The van der Waals surface area contributed by atoms with Crippen molar-refractivity contribution < 1.29 is 26.3 Å². The lowest BCUT2D eigenvalue weighted by Crippen LogP contribution is -2.18. The topological polar surface area (TPSA) is 55.4 Å². The number of halogens is 4. The van der Waals surface area contributed by atoms with E-state index in [9.17, 15) is 21.6 Å². The summed E-state index contributed by atoms with van der Waals surface area (Å²) >= 11 is 3.01. The Kier molecular flexibility index (Phi) is 5.84. The van der Waals surface area contributed by atoms with Crippen molar-refractivity contribution >= 4 is 31.6 Å². The minimum absolute atomic E-state index is 0.141. The van der Waals surface area contributed by atoms with Gasteiger partial charge in [0.1, 0.15) is 0 Å². The molecule has 0 aliphatic rings. The van der Waals surface area contributed by atoms with Crippen molar-refractivity contribution in [2.45, 2.75) is 12.6 Å². The summed E-state index contributed by atoms with van der Waals surface area (Å²) in [5.41, 5.74) is -1.06. The molecule has 0 unspecified atom stereocenters. The van der Waals surface area contributed by atoms with Crippen LogP contribution in [0.15, 0.2) is 22.7 Å². The minimum atomic E-state index is -4.53. The first kappa shape index (κ1) is 17.3. The molecule has 1 N–H and O–H groups in total. The van der Waals surface area contributed by atoms with Crippen LogP contribution < -0.4 is 4.72 Å². The Morgan fingerprint density at radius 2 is 2.00 bits per heavy atom. The quantitative estimate of drug-likeness (QED) is 0.776. The number of hydrogen-bond acceptors (Lipinski definition) is 3. The van der Waals surface area contributed by atoms with Crippen LogP contribution in [0.5, 0.6) is 0 Å².